The molecule has 1 heterocycles. The van der Waals surface area contributed by atoms with Crippen molar-refractivity contribution in [3.8, 4) is 16.9 Å². The number of nitrogens with one attached hydrogen (secondary N) is 1. The van der Waals surface area contributed by atoms with Crippen molar-refractivity contribution in [3.05, 3.63) is 35.7 Å². The first-order valence-electron chi connectivity index (χ1n) is 7.11. The highest BCUT2D eigenvalue weighted by Crippen LogP contribution is 2.29. The van der Waals surface area contributed by atoms with E-state index < -0.39 is 0 Å². The number of benzene rings is 1. The topological polar surface area (TPSA) is 39.1 Å². The number of rotatable bonds is 6. The molecule has 0 aliphatic carbocycles. The summed E-state index contributed by atoms with van der Waals surface area (Å²) in [6, 6.07) is 6.23. The molecule has 0 fully saturated rings. The van der Waals surface area contributed by atoms with Crippen molar-refractivity contribution < 1.29 is 4.74 Å². The maximum Gasteiger partial charge on any atom is 0.119 e. The van der Waals surface area contributed by atoms with E-state index in [0.29, 0.717) is 0 Å². The smallest absolute Gasteiger partial charge is 0.119 e. The number of methoxy groups -OCH3 is 1. The van der Waals surface area contributed by atoms with Crippen LogP contribution < -0.4 is 10.1 Å². The van der Waals surface area contributed by atoms with Gasteiger partial charge in [-0.15, -0.1) is 0 Å². The van der Waals surface area contributed by atoms with Gasteiger partial charge in [-0.25, -0.2) is 0 Å². The van der Waals surface area contributed by atoms with E-state index in [1.165, 1.54) is 16.7 Å². The van der Waals surface area contributed by atoms with Crippen LogP contribution >= 0.6 is 0 Å². The third-order valence-electron chi connectivity index (χ3n) is 3.44. The van der Waals surface area contributed by atoms with Gasteiger partial charge in [0, 0.05) is 24.8 Å². The van der Waals surface area contributed by atoms with Crippen LogP contribution in [0.25, 0.3) is 11.1 Å². The first-order valence-corrected chi connectivity index (χ1v) is 7.11. The summed E-state index contributed by atoms with van der Waals surface area (Å²) in [5.74, 6) is 0.891. The fraction of sp³-hybridized carbons (Fsp3) is 0.438. The summed E-state index contributed by atoms with van der Waals surface area (Å²) in [6.07, 6.45) is 2.12. The molecule has 0 atom stereocenters. The second-order valence-corrected chi connectivity index (χ2v) is 4.79. The van der Waals surface area contributed by atoms with E-state index in [1.807, 2.05) is 10.7 Å². The molecule has 0 saturated carbocycles. The van der Waals surface area contributed by atoms with Crippen LogP contribution in [0.5, 0.6) is 5.75 Å². The molecule has 4 nitrogen and oxygen atoms in total. The van der Waals surface area contributed by atoms with E-state index in [0.717, 1.165) is 31.1 Å². The van der Waals surface area contributed by atoms with Crippen molar-refractivity contribution >= 4 is 0 Å². The lowest BCUT2D eigenvalue weighted by Crippen LogP contribution is -2.12. The highest BCUT2D eigenvalue weighted by Gasteiger charge is 2.12. The molecule has 0 saturated heterocycles. The zero-order valence-corrected chi connectivity index (χ0v) is 12.7. The molecule has 2 rings (SSSR count). The van der Waals surface area contributed by atoms with Gasteiger partial charge in [-0.05, 0) is 43.7 Å². The van der Waals surface area contributed by atoms with Crippen LogP contribution in [0.1, 0.15) is 25.1 Å². The third-order valence-corrected chi connectivity index (χ3v) is 3.44. The fourth-order valence-corrected chi connectivity index (χ4v) is 2.31. The van der Waals surface area contributed by atoms with Crippen LogP contribution in [0.15, 0.2) is 24.4 Å². The summed E-state index contributed by atoms with van der Waals surface area (Å²) in [5.41, 5.74) is 4.73. The van der Waals surface area contributed by atoms with Gasteiger partial charge in [-0.1, -0.05) is 13.0 Å². The largest absolute Gasteiger partial charge is 0.497 e. The highest BCUT2D eigenvalue weighted by atomic mass is 16.5. The van der Waals surface area contributed by atoms with Crippen LogP contribution in [0.3, 0.4) is 0 Å². The van der Waals surface area contributed by atoms with Gasteiger partial charge in [-0.2, -0.15) is 5.10 Å². The Kier molecular flexibility index (Phi) is 4.79. The number of nitrogens with zero attached hydrogens (tertiary/aromatic N) is 2. The SMILES string of the molecule is CCNCc1cc(OC)ccc1-c1cn(CC)nc1C. The van der Waals surface area contributed by atoms with E-state index in [1.54, 1.807) is 7.11 Å². The predicted octanol–water partition coefficient (Wildman–Crippen LogP) is 3.00. The Morgan fingerprint density at radius 3 is 2.65 bits per heavy atom. The molecule has 108 valence electrons. The monoisotopic (exact) mass is 273 g/mol. The summed E-state index contributed by atoms with van der Waals surface area (Å²) in [7, 11) is 1.70. The molecule has 2 aromatic rings. The Morgan fingerprint density at radius 1 is 1.25 bits per heavy atom. The van der Waals surface area contributed by atoms with Gasteiger partial charge in [0.25, 0.3) is 0 Å². The number of aromatic nitrogens is 2. The number of aryl methyl sites for hydroxylation is 2. The molecule has 1 aromatic heterocycles. The van der Waals surface area contributed by atoms with Gasteiger partial charge < -0.3 is 10.1 Å². The van der Waals surface area contributed by atoms with Crippen LogP contribution in [-0.4, -0.2) is 23.4 Å². The number of hydrogen-bond donors (Lipinski definition) is 1. The molecule has 0 aliphatic rings. The van der Waals surface area contributed by atoms with Crippen LogP contribution in [0.4, 0.5) is 0 Å². The van der Waals surface area contributed by atoms with E-state index in [2.05, 4.69) is 49.5 Å². The van der Waals surface area contributed by atoms with Crippen molar-refractivity contribution in [2.24, 2.45) is 0 Å². The summed E-state index contributed by atoms with van der Waals surface area (Å²) >= 11 is 0. The van der Waals surface area contributed by atoms with Crippen molar-refractivity contribution in [3.63, 3.8) is 0 Å². The Bertz CT molecular complexity index is 575. The van der Waals surface area contributed by atoms with Crippen LogP contribution in [0, 0.1) is 6.92 Å². The highest BCUT2D eigenvalue weighted by molar-refractivity contribution is 5.69. The minimum Gasteiger partial charge on any atom is -0.497 e. The Labute approximate surface area is 120 Å². The molecular weight excluding hydrogens is 250 g/mol. The van der Waals surface area contributed by atoms with E-state index in [-0.39, 0.29) is 0 Å². The Balaban J connectivity index is 2.45. The molecule has 1 N–H and O–H groups in total. The maximum atomic E-state index is 5.33. The molecule has 0 amide bonds. The minimum atomic E-state index is 0.833. The maximum absolute atomic E-state index is 5.33. The average Bonchev–Trinajstić information content (AvgIpc) is 2.85. The molecule has 20 heavy (non-hydrogen) atoms. The molecule has 0 aliphatic heterocycles. The first kappa shape index (κ1) is 14.6. The second kappa shape index (κ2) is 6.57. The number of ether oxygens (including phenoxy) is 1. The van der Waals surface area contributed by atoms with Gasteiger partial charge in [0.15, 0.2) is 0 Å². The fourth-order valence-electron chi connectivity index (χ4n) is 2.31. The molecule has 0 radical (unpaired) electrons. The van der Waals surface area contributed by atoms with Crippen molar-refractivity contribution in [1.82, 2.24) is 15.1 Å². The summed E-state index contributed by atoms with van der Waals surface area (Å²) in [5, 5.41) is 7.92. The molecule has 0 unspecified atom stereocenters. The zero-order chi connectivity index (χ0) is 14.5. The summed E-state index contributed by atoms with van der Waals surface area (Å²) in [4.78, 5) is 0. The van der Waals surface area contributed by atoms with E-state index >= 15 is 0 Å². The van der Waals surface area contributed by atoms with Crippen molar-refractivity contribution in [1.29, 1.82) is 0 Å². The molecule has 0 spiro atoms. The first-order chi connectivity index (χ1) is 9.69. The summed E-state index contributed by atoms with van der Waals surface area (Å²) < 4.78 is 7.31. The quantitative estimate of drug-likeness (QED) is 0.879. The van der Waals surface area contributed by atoms with Gasteiger partial charge >= 0.3 is 0 Å². The van der Waals surface area contributed by atoms with Crippen molar-refractivity contribution in [2.45, 2.75) is 33.9 Å². The minimum absolute atomic E-state index is 0.833. The van der Waals surface area contributed by atoms with Crippen LogP contribution in [-0.2, 0) is 13.1 Å². The lowest BCUT2D eigenvalue weighted by Gasteiger charge is -2.11. The molecule has 4 heteroatoms. The van der Waals surface area contributed by atoms with Crippen molar-refractivity contribution in [2.75, 3.05) is 13.7 Å². The molecule has 0 bridgehead atoms. The van der Waals surface area contributed by atoms with Crippen LogP contribution in [0.2, 0.25) is 0 Å². The van der Waals surface area contributed by atoms with Gasteiger partial charge in [0.1, 0.15) is 5.75 Å². The second-order valence-electron chi connectivity index (χ2n) is 4.79. The average molecular weight is 273 g/mol. The van der Waals surface area contributed by atoms with Gasteiger partial charge in [0.2, 0.25) is 0 Å². The third kappa shape index (κ3) is 3.02. The van der Waals surface area contributed by atoms with E-state index in [4.69, 9.17) is 4.74 Å². The molecule has 1 aromatic carbocycles. The van der Waals surface area contributed by atoms with Gasteiger partial charge in [-0.3, -0.25) is 4.68 Å². The van der Waals surface area contributed by atoms with E-state index in [9.17, 15) is 0 Å². The van der Waals surface area contributed by atoms with Gasteiger partial charge in [0.05, 0.1) is 12.8 Å². The predicted molar refractivity (Wildman–Crippen MR) is 82.0 cm³/mol. The zero-order valence-electron chi connectivity index (χ0n) is 12.7. The lowest BCUT2D eigenvalue weighted by molar-refractivity contribution is 0.414. The standard InChI is InChI=1S/C16H23N3O/c1-5-17-10-13-9-14(20-4)7-8-15(13)16-11-19(6-2)18-12(16)3/h7-9,11,17H,5-6,10H2,1-4H3. The molecular formula is C16H23N3O. The normalized spacial score (nSPS) is 10.8. The number of hydrogen-bond acceptors (Lipinski definition) is 3. The Hall–Kier alpha value is -1.81. The lowest BCUT2D eigenvalue weighted by atomic mass is 10.00. The summed E-state index contributed by atoms with van der Waals surface area (Å²) in [6.45, 7) is 8.94. The Morgan fingerprint density at radius 2 is 2.05 bits per heavy atom.